The highest BCUT2D eigenvalue weighted by molar-refractivity contribution is 7.86. The lowest BCUT2D eigenvalue weighted by Crippen LogP contribution is -2.39. The summed E-state index contributed by atoms with van der Waals surface area (Å²) in [5.41, 5.74) is 1.76. The number of benzene rings is 1. The Morgan fingerprint density at radius 2 is 1.90 bits per heavy atom. The topological polar surface area (TPSA) is 69.3 Å². The summed E-state index contributed by atoms with van der Waals surface area (Å²) < 4.78 is 27.4. The Hall–Kier alpha value is -1.44. The summed E-state index contributed by atoms with van der Waals surface area (Å²) in [4.78, 5) is 7.55. The van der Waals surface area contributed by atoms with Gasteiger partial charge in [-0.05, 0) is 18.6 Å². The minimum atomic E-state index is -3.44. The monoisotopic (exact) mass is 310 g/mol. The molecule has 1 aromatic heterocycles. The molecule has 0 spiro atoms. The number of imidazole rings is 1. The molecule has 0 unspecified atom stereocenters. The fraction of sp³-hybridized carbons (Fsp3) is 0.500. The van der Waals surface area contributed by atoms with E-state index in [1.165, 1.54) is 8.61 Å². The van der Waals surface area contributed by atoms with Crippen molar-refractivity contribution < 1.29 is 8.42 Å². The third kappa shape index (κ3) is 3.61. The molecule has 0 saturated heterocycles. The van der Waals surface area contributed by atoms with Gasteiger partial charge >= 0.3 is 0 Å². The highest BCUT2D eigenvalue weighted by Crippen LogP contribution is 2.14. The van der Waals surface area contributed by atoms with Crippen molar-refractivity contribution in [3.63, 3.8) is 0 Å². The molecule has 0 saturated carbocycles. The third-order valence-corrected chi connectivity index (χ3v) is 5.31. The normalized spacial score (nSPS) is 12.6. The van der Waals surface area contributed by atoms with E-state index in [4.69, 9.17) is 0 Å². The van der Waals surface area contributed by atoms with E-state index < -0.39 is 10.2 Å². The lowest BCUT2D eigenvalue weighted by molar-refractivity contribution is 0.381. The SMILES string of the molecule is CCCCN(C)S(=O)(=O)N(C)Cc1nc2ccccc2[nH]1. The largest absolute Gasteiger partial charge is 0.341 e. The zero-order valence-electron chi connectivity index (χ0n) is 12.7. The van der Waals surface area contributed by atoms with Gasteiger partial charge < -0.3 is 4.98 Å². The van der Waals surface area contributed by atoms with E-state index >= 15 is 0 Å². The number of nitrogens with zero attached hydrogens (tertiary/aromatic N) is 3. The first-order valence-electron chi connectivity index (χ1n) is 7.06. The molecule has 7 heteroatoms. The molecule has 2 aromatic rings. The number of unbranched alkanes of at least 4 members (excludes halogenated alkanes) is 1. The molecule has 21 heavy (non-hydrogen) atoms. The van der Waals surface area contributed by atoms with Crippen molar-refractivity contribution in [2.45, 2.75) is 26.3 Å². The van der Waals surface area contributed by atoms with Crippen LogP contribution in [0.5, 0.6) is 0 Å². The molecule has 0 aliphatic heterocycles. The van der Waals surface area contributed by atoms with Crippen LogP contribution in [0.25, 0.3) is 11.0 Å². The van der Waals surface area contributed by atoms with E-state index in [-0.39, 0.29) is 6.54 Å². The summed E-state index contributed by atoms with van der Waals surface area (Å²) in [7, 11) is -0.255. The van der Waals surface area contributed by atoms with Crippen LogP contribution in [0.3, 0.4) is 0 Å². The standard InChI is InChI=1S/C14H22N4O2S/c1-4-5-10-17(2)21(19,20)18(3)11-14-15-12-8-6-7-9-13(12)16-14/h6-9H,4-5,10-11H2,1-3H3,(H,15,16). The highest BCUT2D eigenvalue weighted by atomic mass is 32.2. The fourth-order valence-electron chi connectivity index (χ4n) is 2.11. The molecular formula is C14H22N4O2S. The van der Waals surface area contributed by atoms with E-state index in [1.54, 1.807) is 14.1 Å². The quantitative estimate of drug-likeness (QED) is 0.850. The van der Waals surface area contributed by atoms with E-state index in [0.29, 0.717) is 12.4 Å². The number of hydrogen-bond donors (Lipinski definition) is 1. The minimum Gasteiger partial charge on any atom is -0.341 e. The summed E-state index contributed by atoms with van der Waals surface area (Å²) in [6, 6.07) is 7.65. The lowest BCUT2D eigenvalue weighted by Gasteiger charge is -2.23. The number of nitrogens with one attached hydrogen (secondary N) is 1. The van der Waals surface area contributed by atoms with Crippen molar-refractivity contribution in [3.05, 3.63) is 30.1 Å². The maximum atomic E-state index is 12.4. The molecule has 1 heterocycles. The second-order valence-electron chi connectivity index (χ2n) is 5.14. The van der Waals surface area contributed by atoms with Gasteiger partial charge in [-0.1, -0.05) is 25.5 Å². The summed E-state index contributed by atoms with van der Waals surface area (Å²) in [6.07, 6.45) is 1.82. The van der Waals surface area contributed by atoms with Gasteiger partial charge in [0, 0.05) is 20.6 Å². The predicted octanol–water partition coefficient (Wildman–Crippen LogP) is 1.97. The first-order valence-corrected chi connectivity index (χ1v) is 8.46. The molecule has 0 bridgehead atoms. The summed E-state index contributed by atoms with van der Waals surface area (Å²) in [5, 5.41) is 0. The molecule has 0 radical (unpaired) electrons. The molecule has 0 fully saturated rings. The van der Waals surface area contributed by atoms with Crippen LogP contribution in [0.1, 0.15) is 25.6 Å². The van der Waals surface area contributed by atoms with Crippen LogP contribution in [-0.2, 0) is 16.8 Å². The number of fused-ring (bicyclic) bond motifs is 1. The molecule has 0 aliphatic rings. The summed E-state index contributed by atoms with van der Waals surface area (Å²) in [6.45, 7) is 2.80. The maximum absolute atomic E-state index is 12.4. The third-order valence-electron chi connectivity index (χ3n) is 3.43. The van der Waals surface area contributed by atoms with Gasteiger partial charge in [-0.25, -0.2) is 4.98 Å². The van der Waals surface area contributed by atoms with Crippen molar-refractivity contribution in [2.24, 2.45) is 0 Å². The van der Waals surface area contributed by atoms with Crippen LogP contribution in [0.15, 0.2) is 24.3 Å². The molecule has 0 amide bonds. The number of aromatic nitrogens is 2. The van der Waals surface area contributed by atoms with Crippen LogP contribution in [0, 0.1) is 0 Å². The van der Waals surface area contributed by atoms with E-state index in [2.05, 4.69) is 9.97 Å². The predicted molar refractivity (Wildman–Crippen MR) is 84.0 cm³/mol. The minimum absolute atomic E-state index is 0.230. The number of aromatic amines is 1. The van der Waals surface area contributed by atoms with Gasteiger partial charge in [0.2, 0.25) is 0 Å². The van der Waals surface area contributed by atoms with Crippen molar-refractivity contribution in [1.82, 2.24) is 18.6 Å². The number of hydrogen-bond acceptors (Lipinski definition) is 3. The Morgan fingerprint density at radius 3 is 2.57 bits per heavy atom. The number of para-hydroxylation sites is 2. The Labute approximate surface area is 126 Å². The fourth-order valence-corrected chi connectivity index (χ4v) is 3.23. The first kappa shape index (κ1) is 15.9. The van der Waals surface area contributed by atoms with E-state index in [1.807, 2.05) is 31.2 Å². The van der Waals surface area contributed by atoms with Gasteiger partial charge in [0.1, 0.15) is 5.82 Å². The number of rotatable bonds is 7. The first-order chi connectivity index (χ1) is 9.95. The molecule has 2 rings (SSSR count). The average Bonchev–Trinajstić information content (AvgIpc) is 2.86. The Bertz CT molecular complexity index is 663. The average molecular weight is 310 g/mol. The zero-order valence-corrected chi connectivity index (χ0v) is 13.5. The molecule has 0 aliphatic carbocycles. The molecule has 6 nitrogen and oxygen atoms in total. The van der Waals surface area contributed by atoms with Crippen LogP contribution >= 0.6 is 0 Å². The van der Waals surface area contributed by atoms with Gasteiger partial charge in [-0.3, -0.25) is 0 Å². The van der Waals surface area contributed by atoms with Crippen molar-refractivity contribution in [2.75, 3.05) is 20.6 Å². The second-order valence-corrected chi connectivity index (χ2v) is 7.28. The van der Waals surface area contributed by atoms with E-state index in [9.17, 15) is 8.42 Å². The van der Waals surface area contributed by atoms with Crippen molar-refractivity contribution >= 4 is 21.2 Å². The highest BCUT2D eigenvalue weighted by Gasteiger charge is 2.24. The van der Waals surface area contributed by atoms with Gasteiger partial charge in [-0.2, -0.15) is 17.0 Å². The molecular weight excluding hydrogens is 288 g/mol. The second kappa shape index (κ2) is 6.55. The summed E-state index contributed by atoms with van der Waals surface area (Å²) >= 11 is 0. The molecule has 116 valence electrons. The Morgan fingerprint density at radius 1 is 1.19 bits per heavy atom. The Balaban J connectivity index is 2.10. The molecule has 1 N–H and O–H groups in total. The van der Waals surface area contributed by atoms with Crippen LogP contribution in [-0.4, -0.2) is 47.6 Å². The van der Waals surface area contributed by atoms with Gasteiger partial charge in [0.15, 0.2) is 0 Å². The molecule has 1 aromatic carbocycles. The zero-order chi connectivity index (χ0) is 15.5. The van der Waals surface area contributed by atoms with Crippen molar-refractivity contribution in [3.8, 4) is 0 Å². The van der Waals surface area contributed by atoms with Crippen LogP contribution in [0.2, 0.25) is 0 Å². The molecule has 0 atom stereocenters. The summed E-state index contributed by atoms with van der Waals surface area (Å²) in [5.74, 6) is 0.645. The van der Waals surface area contributed by atoms with Gasteiger partial charge in [0.05, 0.1) is 17.6 Å². The van der Waals surface area contributed by atoms with E-state index in [0.717, 1.165) is 23.9 Å². The number of H-pyrrole nitrogens is 1. The Kier molecular flexibility index (Phi) is 4.97. The lowest BCUT2D eigenvalue weighted by atomic mass is 10.3. The van der Waals surface area contributed by atoms with Gasteiger partial charge in [0.25, 0.3) is 10.2 Å². The van der Waals surface area contributed by atoms with Gasteiger partial charge in [-0.15, -0.1) is 0 Å². The smallest absolute Gasteiger partial charge is 0.281 e. The van der Waals surface area contributed by atoms with Crippen LogP contribution in [0.4, 0.5) is 0 Å². The van der Waals surface area contributed by atoms with Crippen molar-refractivity contribution in [1.29, 1.82) is 0 Å². The maximum Gasteiger partial charge on any atom is 0.281 e. The van der Waals surface area contributed by atoms with Crippen LogP contribution < -0.4 is 0 Å².